The van der Waals surface area contributed by atoms with Crippen molar-refractivity contribution in [1.82, 2.24) is 14.6 Å². The fourth-order valence-electron chi connectivity index (χ4n) is 3.24. The molecule has 0 aromatic carbocycles. The number of piperidine rings is 1. The third-order valence-electron chi connectivity index (χ3n) is 4.23. The van der Waals surface area contributed by atoms with Gasteiger partial charge in [0.05, 0.1) is 0 Å². The molecule has 0 radical (unpaired) electrons. The van der Waals surface area contributed by atoms with E-state index in [1.807, 2.05) is 0 Å². The van der Waals surface area contributed by atoms with E-state index in [1.54, 1.807) is 6.07 Å². The highest BCUT2D eigenvalue weighted by atomic mass is 32.2. The molecule has 2 aliphatic heterocycles. The predicted octanol–water partition coefficient (Wildman–Crippen LogP) is 0.569. The van der Waals surface area contributed by atoms with Gasteiger partial charge in [-0.1, -0.05) is 0 Å². The number of fused-ring (bicyclic) bond motifs is 1. The Labute approximate surface area is 119 Å². The van der Waals surface area contributed by atoms with Crippen LogP contribution >= 0.6 is 0 Å². The van der Waals surface area contributed by atoms with Crippen LogP contribution in [0.15, 0.2) is 23.2 Å². The van der Waals surface area contributed by atoms with Gasteiger partial charge in [-0.15, -0.1) is 0 Å². The monoisotopic (exact) mass is 296 g/mol. The summed E-state index contributed by atoms with van der Waals surface area (Å²) in [4.78, 5) is 6.38. The second-order valence-electron chi connectivity index (χ2n) is 5.56. The molecule has 1 aromatic heterocycles. The molecule has 6 nitrogen and oxygen atoms in total. The molecule has 3 rings (SSSR count). The van der Waals surface area contributed by atoms with Gasteiger partial charge >= 0.3 is 0 Å². The quantitative estimate of drug-likeness (QED) is 0.851. The molecule has 2 atom stereocenters. The second-order valence-corrected chi connectivity index (χ2v) is 7.24. The molecule has 110 valence electrons. The van der Waals surface area contributed by atoms with Crippen molar-refractivity contribution in [3.05, 3.63) is 18.3 Å². The van der Waals surface area contributed by atoms with Crippen molar-refractivity contribution in [3.63, 3.8) is 0 Å². The van der Waals surface area contributed by atoms with E-state index in [9.17, 15) is 8.42 Å². The number of pyridine rings is 1. The number of sulfonamides is 1. The average Bonchev–Trinajstić information content (AvgIpc) is 2.86. The van der Waals surface area contributed by atoms with Crippen LogP contribution in [0.25, 0.3) is 0 Å². The maximum atomic E-state index is 12.4. The molecular weight excluding hydrogens is 276 g/mol. The molecule has 0 amide bonds. The number of nitrogens with two attached hydrogens (primary N) is 1. The van der Waals surface area contributed by atoms with Gasteiger partial charge in [-0.25, -0.2) is 18.1 Å². The van der Waals surface area contributed by atoms with Crippen LogP contribution in [0.5, 0.6) is 0 Å². The molecule has 0 bridgehead atoms. The highest BCUT2D eigenvalue weighted by molar-refractivity contribution is 7.89. The van der Waals surface area contributed by atoms with E-state index in [-0.39, 0.29) is 16.8 Å². The van der Waals surface area contributed by atoms with Gasteiger partial charge in [0.15, 0.2) is 0 Å². The van der Waals surface area contributed by atoms with Gasteiger partial charge in [0.25, 0.3) is 0 Å². The topological polar surface area (TPSA) is 88.3 Å². The Morgan fingerprint density at radius 3 is 3.00 bits per heavy atom. The number of nitrogens with one attached hydrogen (secondary N) is 1. The van der Waals surface area contributed by atoms with Crippen LogP contribution in [0.4, 0.5) is 5.82 Å². The summed E-state index contributed by atoms with van der Waals surface area (Å²) in [5.41, 5.74) is 5.66. The maximum absolute atomic E-state index is 12.4. The van der Waals surface area contributed by atoms with Gasteiger partial charge in [0, 0.05) is 18.3 Å². The molecule has 0 saturated carbocycles. The van der Waals surface area contributed by atoms with Crippen molar-refractivity contribution in [2.75, 3.05) is 18.8 Å². The van der Waals surface area contributed by atoms with Crippen LogP contribution in [-0.4, -0.2) is 43.5 Å². The van der Waals surface area contributed by atoms with Gasteiger partial charge in [0.2, 0.25) is 10.0 Å². The zero-order valence-corrected chi connectivity index (χ0v) is 12.1. The lowest BCUT2D eigenvalue weighted by Gasteiger charge is -2.34. The Bertz CT molecular complexity index is 590. The van der Waals surface area contributed by atoms with Crippen LogP contribution in [0, 0.1) is 0 Å². The maximum Gasteiger partial charge on any atom is 0.244 e. The van der Waals surface area contributed by atoms with E-state index in [4.69, 9.17) is 5.73 Å². The first kappa shape index (κ1) is 13.8. The van der Waals surface area contributed by atoms with Gasteiger partial charge < -0.3 is 10.6 Å². The molecule has 0 aliphatic carbocycles. The third kappa shape index (κ3) is 2.65. The van der Waals surface area contributed by atoms with Crippen molar-refractivity contribution >= 4 is 15.8 Å². The molecule has 2 saturated heterocycles. The molecule has 3 N–H and O–H groups in total. The zero-order valence-electron chi connectivity index (χ0n) is 11.3. The minimum absolute atomic E-state index is 0.000967. The Hall–Kier alpha value is -1.18. The number of aromatic nitrogens is 1. The molecule has 3 heterocycles. The number of rotatable bonds is 3. The summed E-state index contributed by atoms with van der Waals surface area (Å²) in [5, 5.41) is 0. The average molecular weight is 296 g/mol. The Balaban J connectivity index is 1.72. The molecule has 0 spiro atoms. The lowest BCUT2D eigenvalue weighted by molar-refractivity contribution is 0.176. The summed E-state index contributed by atoms with van der Waals surface area (Å²) >= 11 is 0. The number of hydrogen-bond acceptors (Lipinski definition) is 5. The Kier molecular flexibility index (Phi) is 3.66. The highest BCUT2D eigenvalue weighted by Gasteiger charge is 2.33. The largest absolute Gasteiger partial charge is 0.383 e. The number of nitrogen functional groups attached to an aromatic ring is 1. The fraction of sp³-hybridized carbons (Fsp3) is 0.615. The molecule has 20 heavy (non-hydrogen) atoms. The summed E-state index contributed by atoms with van der Waals surface area (Å²) in [6, 6.07) is 3.61. The first-order valence-electron chi connectivity index (χ1n) is 7.03. The minimum atomic E-state index is -3.58. The van der Waals surface area contributed by atoms with E-state index in [1.165, 1.54) is 25.1 Å². The summed E-state index contributed by atoms with van der Waals surface area (Å²) in [7, 11) is -3.58. The van der Waals surface area contributed by atoms with Crippen molar-refractivity contribution in [2.24, 2.45) is 0 Å². The van der Waals surface area contributed by atoms with E-state index >= 15 is 0 Å². The van der Waals surface area contributed by atoms with Crippen molar-refractivity contribution in [3.8, 4) is 0 Å². The second kappa shape index (κ2) is 5.31. The van der Waals surface area contributed by atoms with E-state index < -0.39 is 10.0 Å². The zero-order chi connectivity index (χ0) is 14.2. The first-order chi connectivity index (χ1) is 9.56. The van der Waals surface area contributed by atoms with E-state index in [0.717, 1.165) is 25.9 Å². The van der Waals surface area contributed by atoms with Crippen LogP contribution in [0.1, 0.15) is 25.7 Å². The summed E-state index contributed by atoms with van der Waals surface area (Å²) in [5.74, 6) is 0.0540. The summed E-state index contributed by atoms with van der Waals surface area (Å²) in [6.07, 6.45) is 5.63. The van der Waals surface area contributed by atoms with Crippen molar-refractivity contribution < 1.29 is 8.42 Å². The van der Waals surface area contributed by atoms with Gasteiger partial charge in [-0.05, 0) is 50.9 Å². The van der Waals surface area contributed by atoms with Crippen LogP contribution in [-0.2, 0) is 10.0 Å². The number of hydrogen-bond donors (Lipinski definition) is 2. The normalized spacial score (nSPS) is 27.4. The van der Waals surface area contributed by atoms with Crippen LogP contribution < -0.4 is 10.5 Å². The molecule has 2 unspecified atom stereocenters. The standard InChI is InChI=1S/C13H20N4O2S/c14-13-12(4-1-6-15-13)20(18,19)16-10-5-8-17-7-2-3-11(17)9-10/h1,4,6,10-11,16H,2-3,5,7-9H2,(H2,14,15). The van der Waals surface area contributed by atoms with Crippen molar-refractivity contribution in [2.45, 2.75) is 42.7 Å². The van der Waals surface area contributed by atoms with Gasteiger partial charge in [0.1, 0.15) is 10.7 Å². The fourth-order valence-corrected chi connectivity index (χ4v) is 4.61. The number of anilines is 1. The molecule has 7 heteroatoms. The predicted molar refractivity (Wildman–Crippen MR) is 76.6 cm³/mol. The van der Waals surface area contributed by atoms with E-state index in [2.05, 4.69) is 14.6 Å². The third-order valence-corrected chi connectivity index (χ3v) is 5.80. The van der Waals surface area contributed by atoms with Crippen LogP contribution in [0.3, 0.4) is 0 Å². The molecular formula is C13H20N4O2S. The Morgan fingerprint density at radius 2 is 2.20 bits per heavy atom. The lowest BCUT2D eigenvalue weighted by atomic mass is 9.99. The SMILES string of the molecule is Nc1ncccc1S(=O)(=O)NC1CCN2CCCC2C1. The summed E-state index contributed by atoms with van der Waals surface area (Å²) in [6.45, 7) is 2.13. The Morgan fingerprint density at radius 1 is 1.35 bits per heavy atom. The highest BCUT2D eigenvalue weighted by Crippen LogP contribution is 2.28. The lowest BCUT2D eigenvalue weighted by Crippen LogP contribution is -2.47. The molecule has 2 aliphatic rings. The molecule has 2 fully saturated rings. The smallest absolute Gasteiger partial charge is 0.244 e. The van der Waals surface area contributed by atoms with Gasteiger partial charge in [-0.3, -0.25) is 0 Å². The minimum Gasteiger partial charge on any atom is -0.383 e. The number of nitrogens with zero attached hydrogens (tertiary/aromatic N) is 2. The first-order valence-corrected chi connectivity index (χ1v) is 8.51. The summed E-state index contributed by atoms with van der Waals surface area (Å²) < 4.78 is 27.5. The molecule has 1 aromatic rings. The van der Waals surface area contributed by atoms with Crippen molar-refractivity contribution in [1.29, 1.82) is 0 Å². The van der Waals surface area contributed by atoms with Crippen LogP contribution in [0.2, 0.25) is 0 Å². The van der Waals surface area contributed by atoms with Gasteiger partial charge in [-0.2, -0.15) is 0 Å². The van der Waals surface area contributed by atoms with E-state index in [0.29, 0.717) is 6.04 Å².